The summed E-state index contributed by atoms with van der Waals surface area (Å²) in [5.74, 6) is 0. The second-order valence-electron chi connectivity index (χ2n) is 4.30. The van der Waals surface area contributed by atoms with Gasteiger partial charge in [0.25, 0.3) is 0 Å². The van der Waals surface area contributed by atoms with E-state index in [-0.39, 0.29) is 6.03 Å². The predicted molar refractivity (Wildman–Crippen MR) is 69.7 cm³/mol. The minimum absolute atomic E-state index is 0.00648. The quantitative estimate of drug-likeness (QED) is 0.552. The molecular weight excluding hydrogens is 200 g/mol. The number of unbranched alkanes of at least 4 members (excludes halogenated alkanes) is 6. The van der Waals surface area contributed by atoms with Crippen molar-refractivity contribution in [2.75, 3.05) is 13.1 Å². The lowest BCUT2D eigenvalue weighted by molar-refractivity contribution is 0.240. The Labute approximate surface area is 100 Å². The Morgan fingerprint density at radius 3 is 1.56 bits per heavy atom. The van der Waals surface area contributed by atoms with Gasteiger partial charge in [0.1, 0.15) is 0 Å². The van der Waals surface area contributed by atoms with Crippen LogP contribution in [0.1, 0.15) is 65.2 Å². The molecule has 3 nitrogen and oxygen atoms in total. The lowest BCUT2D eigenvalue weighted by atomic mass is 10.2. The van der Waals surface area contributed by atoms with Crippen molar-refractivity contribution in [1.82, 2.24) is 10.6 Å². The van der Waals surface area contributed by atoms with Crippen LogP contribution >= 0.6 is 0 Å². The molecule has 0 heterocycles. The van der Waals surface area contributed by atoms with Gasteiger partial charge in [-0.15, -0.1) is 0 Å². The summed E-state index contributed by atoms with van der Waals surface area (Å²) in [5.41, 5.74) is 0. The summed E-state index contributed by atoms with van der Waals surface area (Å²) in [7, 11) is 0. The number of urea groups is 1. The number of nitrogens with one attached hydrogen (secondary N) is 2. The smallest absolute Gasteiger partial charge is 0.314 e. The van der Waals surface area contributed by atoms with E-state index in [1.54, 1.807) is 0 Å². The van der Waals surface area contributed by atoms with Crippen molar-refractivity contribution in [1.29, 1.82) is 0 Å². The van der Waals surface area contributed by atoms with E-state index >= 15 is 0 Å². The first-order valence-corrected chi connectivity index (χ1v) is 6.83. The Morgan fingerprint density at radius 1 is 0.750 bits per heavy atom. The zero-order chi connectivity index (χ0) is 12.1. The summed E-state index contributed by atoms with van der Waals surface area (Å²) in [6.45, 7) is 5.99. The van der Waals surface area contributed by atoms with E-state index in [2.05, 4.69) is 24.5 Å². The number of hydrogen-bond acceptors (Lipinski definition) is 1. The molecule has 0 saturated carbocycles. The maximum absolute atomic E-state index is 11.3. The van der Waals surface area contributed by atoms with E-state index in [4.69, 9.17) is 0 Å². The standard InChI is InChI=1S/C13H28N2O/c1-3-5-7-9-11-14-13(16)15-12-10-8-6-4-2/h3-12H2,1-2H3,(H2,14,15,16). The largest absolute Gasteiger partial charge is 0.338 e. The summed E-state index contributed by atoms with van der Waals surface area (Å²) < 4.78 is 0. The molecule has 0 aliphatic carbocycles. The van der Waals surface area contributed by atoms with Gasteiger partial charge in [-0.05, 0) is 12.8 Å². The van der Waals surface area contributed by atoms with Gasteiger partial charge in [-0.1, -0.05) is 52.4 Å². The number of carbonyl (C=O) groups excluding carboxylic acids is 1. The van der Waals surface area contributed by atoms with Gasteiger partial charge in [-0.25, -0.2) is 4.79 Å². The maximum Gasteiger partial charge on any atom is 0.314 e. The van der Waals surface area contributed by atoms with E-state index in [0.29, 0.717) is 0 Å². The van der Waals surface area contributed by atoms with E-state index in [1.807, 2.05) is 0 Å². The number of rotatable bonds is 10. The lowest BCUT2D eigenvalue weighted by Gasteiger charge is -2.07. The van der Waals surface area contributed by atoms with E-state index in [0.717, 1.165) is 25.9 Å². The molecule has 96 valence electrons. The molecular formula is C13H28N2O. The fourth-order valence-corrected chi connectivity index (χ4v) is 1.57. The fourth-order valence-electron chi connectivity index (χ4n) is 1.57. The Bertz CT molecular complexity index is 144. The topological polar surface area (TPSA) is 41.1 Å². The molecule has 0 aromatic heterocycles. The Hall–Kier alpha value is -0.730. The van der Waals surface area contributed by atoms with Crippen molar-refractivity contribution < 1.29 is 4.79 Å². The van der Waals surface area contributed by atoms with Gasteiger partial charge in [0, 0.05) is 13.1 Å². The van der Waals surface area contributed by atoms with Crippen LogP contribution in [0, 0.1) is 0 Å². The summed E-state index contributed by atoms with van der Waals surface area (Å²) in [4.78, 5) is 11.3. The van der Waals surface area contributed by atoms with Crippen LogP contribution < -0.4 is 10.6 Å². The monoisotopic (exact) mass is 228 g/mol. The maximum atomic E-state index is 11.3. The average Bonchev–Trinajstić information content (AvgIpc) is 2.28. The first kappa shape index (κ1) is 15.3. The molecule has 0 spiro atoms. The fraction of sp³-hybridized carbons (Fsp3) is 0.923. The molecule has 0 aliphatic rings. The summed E-state index contributed by atoms with van der Waals surface area (Å²) in [6.07, 6.45) is 9.63. The number of hydrogen-bond donors (Lipinski definition) is 2. The second kappa shape index (κ2) is 12.3. The Balaban J connectivity index is 3.12. The van der Waals surface area contributed by atoms with Crippen molar-refractivity contribution >= 4 is 6.03 Å². The van der Waals surface area contributed by atoms with Crippen LogP contribution in [0.4, 0.5) is 4.79 Å². The highest BCUT2D eigenvalue weighted by molar-refractivity contribution is 5.73. The first-order valence-electron chi connectivity index (χ1n) is 6.83. The van der Waals surface area contributed by atoms with Crippen LogP contribution in [0.5, 0.6) is 0 Å². The van der Waals surface area contributed by atoms with E-state index in [9.17, 15) is 4.79 Å². The molecule has 0 bridgehead atoms. The molecule has 0 fully saturated rings. The van der Waals surface area contributed by atoms with Crippen LogP contribution in [0.15, 0.2) is 0 Å². The van der Waals surface area contributed by atoms with Crippen molar-refractivity contribution in [2.24, 2.45) is 0 Å². The molecule has 0 radical (unpaired) electrons. The van der Waals surface area contributed by atoms with Gasteiger partial charge in [0.15, 0.2) is 0 Å². The first-order chi connectivity index (χ1) is 7.81. The molecule has 0 unspecified atom stereocenters. The highest BCUT2D eigenvalue weighted by Gasteiger charge is 1.97. The SMILES string of the molecule is CCCCCCNC(=O)NCCCCCC. The normalized spacial score (nSPS) is 10.1. The third-order valence-corrected chi connectivity index (χ3v) is 2.63. The van der Waals surface area contributed by atoms with Gasteiger partial charge in [0.2, 0.25) is 0 Å². The van der Waals surface area contributed by atoms with Crippen LogP contribution in [-0.2, 0) is 0 Å². The molecule has 2 amide bonds. The zero-order valence-electron chi connectivity index (χ0n) is 11.0. The minimum atomic E-state index is -0.00648. The molecule has 2 N–H and O–H groups in total. The van der Waals surface area contributed by atoms with Crippen LogP contribution in [0.3, 0.4) is 0 Å². The van der Waals surface area contributed by atoms with Crippen molar-refractivity contribution in [3.63, 3.8) is 0 Å². The Morgan fingerprint density at radius 2 is 1.19 bits per heavy atom. The molecule has 0 saturated heterocycles. The highest BCUT2D eigenvalue weighted by atomic mass is 16.2. The van der Waals surface area contributed by atoms with Gasteiger partial charge in [-0.2, -0.15) is 0 Å². The van der Waals surface area contributed by atoms with Crippen LogP contribution in [0.25, 0.3) is 0 Å². The van der Waals surface area contributed by atoms with Crippen LogP contribution in [-0.4, -0.2) is 19.1 Å². The molecule has 16 heavy (non-hydrogen) atoms. The lowest BCUT2D eigenvalue weighted by Crippen LogP contribution is -2.36. The predicted octanol–water partition coefficient (Wildman–Crippen LogP) is 3.45. The van der Waals surface area contributed by atoms with Crippen molar-refractivity contribution in [3.8, 4) is 0 Å². The van der Waals surface area contributed by atoms with Gasteiger partial charge >= 0.3 is 6.03 Å². The van der Waals surface area contributed by atoms with Crippen molar-refractivity contribution in [3.05, 3.63) is 0 Å². The molecule has 0 aromatic rings. The molecule has 0 aliphatic heterocycles. The summed E-state index contributed by atoms with van der Waals surface area (Å²) in [6, 6.07) is -0.00648. The zero-order valence-corrected chi connectivity index (χ0v) is 11.0. The third kappa shape index (κ3) is 11.3. The molecule has 0 atom stereocenters. The summed E-state index contributed by atoms with van der Waals surface area (Å²) in [5, 5.41) is 5.76. The third-order valence-electron chi connectivity index (χ3n) is 2.63. The Kier molecular flexibility index (Phi) is 11.8. The number of carbonyl (C=O) groups is 1. The summed E-state index contributed by atoms with van der Waals surface area (Å²) >= 11 is 0. The molecule has 3 heteroatoms. The van der Waals surface area contributed by atoms with Crippen molar-refractivity contribution in [2.45, 2.75) is 65.2 Å². The highest BCUT2D eigenvalue weighted by Crippen LogP contribution is 1.97. The van der Waals surface area contributed by atoms with E-state index in [1.165, 1.54) is 38.5 Å². The van der Waals surface area contributed by atoms with Crippen LogP contribution in [0.2, 0.25) is 0 Å². The minimum Gasteiger partial charge on any atom is -0.338 e. The van der Waals surface area contributed by atoms with E-state index < -0.39 is 0 Å². The van der Waals surface area contributed by atoms with Gasteiger partial charge < -0.3 is 10.6 Å². The molecule has 0 aromatic carbocycles. The van der Waals surface area contributed by atoms with Gasteiger partial charge in [-0.3, -0.25) is 0 Å². The second-order valence-corrected chi connectivity index (χ2v) is 4.30. The average molecular weight is 228 g/mol. The van der Waals surface area contributed by atoms with Gasteiger partial charge in [0.05, 0.1) is 0 Å². The number of amides is 2. The molecule has 0 rings (SSSR count).